The number of hydrogen-bond donors (Lipinski definition) is 0. The third-order valence-corrected chi connectivity index (χ3v) is 8.56. The summed E-state index contributed by atoms with van der Waals surface area (Å²) in [4.78, 5) is 0.361. The van der Waals surface area contributed by atoms with Crippen molar-refractivity contribution in [2.45, 2.75) is 51.1 Å². The molecule has 1 aromatic rings. The summed E-state index contributed by atoms with van der Waals surface area (Å²) in [7, 11) is -7.53. The lowest BCUT2D eigenvalue weighted by atomic mass is 10.2. The summed E-state index contributed by atoms with van der Waals surface area (Å²) in [5.74, 6) is 0. The number of rotatable bonds is 4. The molecule has 0 saturated heterocycles. The normalized spacial score (nSPS) is 13.6. The van der Waals surface area contributed by atoms with Gasteiger partial charge in [-0.3, -0.25) is 0 Å². The molecule has 0 radical (unpaired) electrons. The van der Waals surface area contributed by atoms with Crippen molar-refractivity contribution in [1.82, 2.24) is 0 Å². The van der Waals surface area contributed by atoms with E-state index in [1.807, 2.05) is 38.7 Å². The van der Waals surface area contributed by atoms with Gasteiger partial charge >= 0.3 is 0 Å². The summed E-state index contributed by atoms with van der Waals surface area (Å²) >= 11 is 0. The molecule has 0 saturated carbocycles. The van der Waals surface area contributed by atoms with E-state index in [1.165, 1.54) is 0 Å². The van der Waals surface area contributed by atoms with Crippen molar-refractivity contribution in [3.63, 3.8) is 0 Å². The van der Waals surface area contributed by atoms with E-state index in [2.05, 4.69) is 19.6 Å². The maximum absolute atomic E-state index is 12.5. The van der Waals surface area contributed by atoms with Gasteiger partial charge in [0.05, 0.1) is 13.0 Å². The summed E-state index contributed by atoms with van der Waals surface area (Å²) in [5, 5.41) is 0.950. The predicted molar refractivity (Wildman–Crippen MR) is 85.8 cm³/mol. The lowest BCUT2D eigenvalue weighted by Gasteiger charge is -2.24. The monoisotopic (exact) mass is 316 g/mol. The smallest absolute Gasteiger partial charge is 0.287 e. The van der Waals surface area contributed by atoms with Crippen LogP contribution in [0.1, 0.15) is 5.56 Å². The van der Waals surface area contributed by atoms with Gasteiger partial charge in [-0.05, 0) is 37.8 Å². The number of aryl methyl sites for hydroxylation is 1. The average Bonchev–Trinajstić information content (AvgIpc) is 2.11. The van der Waals surface area contributed by atoms with E-state index in [-0.39, 0.29) is 0 Å². The Bertz CT molecular complexity index is 567. The Labute approximate surface area is 119 Å². The summed E-state index contributed by atoms with van der Waals surface area (Å²) in [5.41, 5.74) is 1.09. The Morgan fingerprint density at radius 1 is 1.00 bits per heavy atom. The summed E-state index contributed by atoms with van der Waals surface area (Å²) < 4.78 is 30.3. The zero-order chi connectivity index (χ0) is 15.1. The molecule has 0 N–H and O–H groups in total. The lowest BCUT2D eigenvalue weighted by molar-refractivity contribution is 0.486. The van der Waals surface area contributed by atoms with Crippen LogP contribution < -0.4 is 5.19 Å². The first-order chi connectivity index (χ1) is 8.33. The molecule has 0 atom stereocenters. The van der Waals surface area contributed by atoms with E-state index in [4.69, 9.17) is 3.87 Å². The summed E-state index contributed by atoms with van der Waals surface area (Å²) in [6, 6.07) is 5.52. The van der Waals surface area contributed by atoms with E-state index in [9.17, 15) is 8.42 Å². The molecule has 19 heavy (non-hydrogen) atoms. The van der Waals surface area contributed by atoms with Gasteiger partial charge in [-0.2, -0.15) is 8.42 Å². The van der Waals surface area contributed by atoms with Crippen LogP contribution in [0.25, 0.3) is 0 Å². The molecule has 0 aliphatic rings. The molecule has 0 aliphatic heterocycles. The van der Waals surface area contributed by atoms with Crippen LogP contribution in [0.4, 0.5) is 0 Å². The molecule has 1 aromatic carbocycles. The standard InChI is InChI=1S/C13H24O3SSi2/c1-11-8-9-12(13(10-11)18(2,3)4)17(14,15)16-19(5,6)7/h8-10H,1-7H3. The van der Waals surface area contributed by atoms with E-state index >= 15 is 0 Å². The molecule has 0 fully saturated rings. The molecule has 0 amide bonds. The Kier molecular flexibility index (Phi) is 4.51. The zero-order valence-electron chi connectivity index (χ0n) is 12.9. The Balaban J connectivity index is 3.44. The first-order valence-electron chi connectivity index (χ1n) is 6.40. The van der Waals surface area contributed by atoms with Gasteiger partial charge in [-0.1, -0.05) is 37.3 Å². The van der Waals surface area contributed by atoms with Gasteiger partial charge in [0.1, 0.15) is 0 Å². The first-order valence-corrected chi connectivity index (χ1v) is 14.7. The van der Waals surface area contributed by atoms with Crippen molar-refractivity contribution in [2.75, 3.05) is 0 Å². The van der Waals surface area contributed by atoms with Gasteiger partial charge in [-0.25, -0.2) is 0 Å². The Morgan fingerprint density at radius 2 is 1.53 bits per heavy atom. The second-order valence-corrected chi connectivity index (χ2v) is 18.2. The van der Waals surface area contributed by atoms with E-state index in [1.54, 1.807) is 6.07 Å². The fraction of sp³-hybridized carbons (Fsp3) is 0.538. The molecule has 0 heterocycles. The fourth-order valence-electron chi connectivity index (χ4n) is 1.82. The minimum Gasteiger partial charge on any atom is -0.312 e. The van der Waals surface area contributed by atoms with Crippen molar-refractivity contribution in [2.24, 2.45) is 0 Å². The van der Waals surface area contributed by atoms with Gasteiger partial charge in [0.15, 0.2) is 0 Å². The second-order valence-electron chi connectivity index (χ2n) is 6.90. The highest BCUT2D eigenvalue weighted by atomic mass is 32.2. The van der Waals surface area contributed by atoms with E-state index in [0.717, 1.165) is 10.8 Å². The number of hydrogen-bond acceptors (Lipinski definition) is 3. The molecule has 0 unspecified atom stereocenters. The highest BCUT2D eigenvalue weighted by molar-refractivity contribution is 7.88. The minimum absolute atomic E-state index is 0.361. The third kappa shape index (κ3) is 4.55. The molecule has 1 rings (SSSR count). The molecule has 0 bridgehead atoms. The summed E-state index contributed by atoms with van der Waals surface area (Å²) in [6.07, 6.45) is 0. The van der Waals surface area contributed by atoms with Crippen molar-refractivity contribution in [1.29, 1.82) is 0 Å². The van der Waals surface area contributed by atoms with Crippen LogP contribution in [0.3, 0.4) is 0 Å². The minimum atomic E-state index is -3.65. The predicted octanol–water partition coefficient (Wildman–Crippen LogP) is 3.08. The Hall–Kier alpha value is -0.436. The zero-order valence-corrected chi connectivity index (χ0v) is 15.7. The largest absolute Gasteiger partial charge is 0.312 e. The third-order valence-electron chi connectivity index (χ3n) is 2.57. The molecule has 108 valence electrons. The van der Waals surface area contributed by atoms with Crippen molar-refractivity contribution < 1.29 is 12.3 Å². The molecule has 3 nitrogen and oxygen atoms in total. The van der Waals surface area contributed by atoms with Crippen molar-refractivity contribution >= 4 is 31.7 Å². The van der Waals surface area contributed by atoms with Crippen molar-refractivity contribution in [3.05, 3.63) is 23.8 Å². The van der Waals surface area contributed by atoms with Crippen LogP contribution in [0, 0.1) is 6.92 Å². The van der Waals surface area contributed by atoms with Gasteiger partial charge in [0.25, 0.3) is 10.1 Å². The lowest BCUT2D eigenvalue weighted by Crippen LogP contribution is -2.42. The quantitative estimate of drug-likeness (QED) is 0.802. The van der Waals surface area contributed by atoms with Gasteiger partial charge in [0.2, 0.25) is 8.32 Å². The van der Waals surface area contributed by atoms with Crippen LogP contribution >= 0.6 is 0 Å². The molecular formula is C13H24O3SSi2. The molecule has 0 spiro atoms. The summed E-state index contributed by atoms with van der Waals surface area (Å²) in [6.45, 7) is 14.1. The molecule has 6 heteroatoms. The van der Waals surface area contributed by atoms with Gasteiger partial charge in [0, 0.05) is 0 Å². The van der Waals surface area contributed by atoms with Gasteiger partial charge in [-0.15, -0.1) is 0 Å². The Morgan fingerprint density at radius 3 is 1.95 bits per heavy atom. The van der Waals surface area contributed by atoms with Gasteiger partial charge < -0.3 is 3.87 Å². The van der Waals surface area contributed by atoms with Crippen LogP contribution in [-0.4, -0.2) is 24.8 Å². The van der Waals surface area contributed by atoms with E-state index < -0.39 is 26.5 Å². The molecular weight excluding hydrogens is 292 g/mol. The molecule has 0 aromatic heterocycles. The van der Waals surface area contributed by atoms with E-state index in [0.29, 0.717) is 4.90 Å². The highest BCUT2D eigenvalue weighted by Crippen LogP contribution is 2.20. The van der Waals surface area contributed by atoms with Crippen molar-refractivity contribution in [3.8, 4) is 0 Å². The fourth-order valence-corrected chi connectivity index (χ4v) is 8.15. The SMILES string of the molecule is Cc1ccc(S(=O)(=O)O[Si](C)(C)C)c([Si](C)(C)C)c1. The number of benzene rings is 1. The topological polar surface area (TPSA) is 43.4 Å². The van der Waals surface area contributed by atoms with Crippen LogP contribution in [0.2, 0.25) is 39.3 Å². The maximum Gasteiger partial charge on any atom is 0.287 e. The highest BCUT2D eigenvalue weighted by Gasteiger charge is 2.31. The first kappa shape index (κ1) is 16.6. The average molecular weight is 317 g/mol. The van der Waals surface area contributed by atoms with Crippen LogP contribution in [0.5, 0.6) is 0 Å². The molecule has 0 aliphatic carbocycles. The second kappa shape index (κ2) is 5.16. The maximum atomic E-state index is 12.5. The van der Waals surface area contributed by atoms with Crippen LogP contribution in [-0.2, 0) is 14.0 Å². The van der Waals surface area contributed by atoms with Crippen LogP contribution in [0.15, 0.2) is 23.1 Å².